The van der Waals surface area contributed by atoms with Gasteiger partial charge in [-0.05, 0) is 56.3 Å². The molecule has 3 rings (SSSR count). The Morgan fingerprint density at radius 3 is 2.82 bits per heavy atom. The maximum Gasteiger partial charge on any atom is 0.138 e. The number of hydrogen-bond donors (Lipinski definition) is 1. The van der Waals surface area contributed by atoms with Crippen LogP contribution in [-0.2, 0) is 6.42 Å². The maximum absolute atomic E-state index is 4.68. The van der Waals surface area contributed by atoms with Crippen LogP contribution in [-0.4, -0.2) is 41.0 Å². The summed E-state index contributed by atoms with van der Waals surface area (Å²) in [5.41, 5.74) is 0. The first-order valence-corrected chi connectivity index (χ1v) is 9.38. The van der Waals surface area contributed by atoms with Crippen molar-refractivity contribution < 1.29 is 0 Å². The van der Waals surface area contributed by atoms with Gasteiger partial charge in [-0.3, -0.25) is 0 Å². The van der Waals surface area contributed by atoms with E-state index >= 15 is 0 Å². The van der Waals surface area contributed by atoms with E-state index in [-0.39, 0.29) is 0 Å². The van der Waals surface area contributed by atoms with E-state index in [0.29, 0.717) is 0 Å². The first-order chi connectivity index (χ1) is 10.8. The van der Waals surface area contributed by atoms with Crippen LogP contribution in [0.25, 0.3) is 10.2 Å². The topological polar surface area (TPSA) is 41.1 Å². The minimum Gasteiger partial charge on any atom is -0.369 e. The molecule has 3 heterocycles. The standard InChI is InChI=1S/C17H26N4S/c1-3-15-19-16(14-8-12-22-17(14)20-15)18-9-5-13-6-10-21(4-2)11-7-13/h8,12-13H,3-7,9-11H2,1-2H3,(H,18,19,20). The summed E-state index contributed by atoms with van der Waals surface area (Å²) in [7, 11) is 0. The number of nitrogens with zero attached hydrogens (tertiary/aromatic N) is 3. The van der Waals surface area contributed by atoms with Gasteiger partial charge >= 0.3 is 0 Å². The molecule has 4 nitrogen and oxygen atoms in total. The number of anilines is 1. The molecule has 0 aromatic carbocycles. The van der Waals surface area contributed by atoms with Gasteiger partial charge in [0.1, 0.15) is 16.5 Å². The molecule has 0 unspecified atom stereocenters. The van der Waals surface area contributed by atoms with Crippen molar-refractivity contribution >= 4 is 27.4 Å². The molecule has 1 aliphatic rings. The molecule has 1 N–H and O–H groups in total. The lowest BCUT2D eigenvalue weighted by Crippen LogP contribution is -2.33. The van der Waals surface area contributed by atoms with Gasteiger partial charge in [0.05, 0.1) is 5.39 Å². The number of fused-ring (bicyclic) bond motifs is 1. The lowest BCUT2D eigenvalue weighted by atomic mass is 9.93. The Bertz CT molecular complexity index is 602. The van der Waals surface area contributed by atoms with Crippen LogP contribution in [0.2, 0.25) is 0 Å². The van der Waals surface area contributed by atoms with E-state index in [2.05, 4.69) is 45.5 Å². The van der Waals surface area contributed by atoms with Crippen LogP contribution in [0.4, 0.5) is 5.82 Å². The first kappa shape index (κ1) is 15.7. The Morgan fingerprint density at radius 2 is 2.09 bits per heavy atom. The first-order valence-electron chi connectivity index (χ1n) is 8.50. The highest BCUT2D eigenvalue weighted by Gasteiger charge is 2.17. The summed E-state index contributed by atoms with van der Waals surface area (Å²) in [4.78, 5) is 12.9. The monoisotopic (exact) mass is 318 g/mol. The number of rotatable bonds is 6. The smallest absolute Gasteiger partial charge is 0.138 e. The van der Waals surface area contributed by atoms with Crippen molar-refractivity contribution in [2.45, 2.75) is 39.5 Å². The van der Waals surface area contributed by atoms with Crippen LogP contribution < -0.4 is 5.32 Å². The predicted octanol–water partition coefficient (Wildman–Crippen LogP) is 3.79. The zero-order valence-corrected chi connectivity index (χ0v) is 14.5. The third kappa shape index (κ3) is 3.58. The zero-order chi connectivity index (χ0) is 15.4. The van der Waals surface area contributed by atoms with E-state index in [4.69, 9.17) is 0 Å². The summed E-state index contributed by atoms with van der Waals surface area (Å²) < 4.78 is 0. The highest BCUT2D eigenvalue weighted by atomic mass is 32.1. The lowest BCUT2D eigenvalue weighted by Gasteiger charge is -2.31. The van der Waals surface area contributed by atoms with E-state index in [1.807, 2.05) is 0 Å². The fraction of sp³-hybridized carbons (Fsp3) is 0.647. The number of aryl methyl sites for hydroxylation is 1. The molecule has 22 heavy (non-hydrogen) atoms. The van der Waals surface area contributed by atoms with Crippen molar-refractivity contribution in [1.29, 1.82) is 0 Å². The molecular formula is C17H26N4S. The number of aromatic nitrogens is 2. The Morgan fingerprint density at radius 1 is 1.27 bits per heavy atom. The molecule has 1 aliphatic heterocycles. The minimum atomic E-state index is 0.862. The number of piperidine rings is 1. The van der Waals surface area contributed by atoms with Gasteiger partial charge < -0.3 is 10.2 Å². The third-order valence-electron chi connectivity index (χ3n) is 4.69. The van der Waals surface area contributed by atoms with E-state index in [1.165, 1.54) is 44.3 Å². The van der Waals surface area contributed by atoms with Gasteiger partial charge in [0.25, 0.3) is 0 Å². The average Bonchev–Trinajstić information content (AvgIpc) is 3.04. The molecule has 2 aromatic heterocycles. The van der Waals surface area contributed by atoms with E-state index in [0.717, 1.165) is 35.4 Å². The van der Waals surface area contributed by atoms with Gasteiger partial charge in [0.15, 0.2) is 0 Å². The SMILES string of the molecule is CCc1nc(NCCC2CCN(CC)CC2)c2ccsc2n1. The molecule has 0 aliphatic carbocycles. The largest absolute Gasteiger partial charge is 0.369 e. The van der Waals surface area contributed by atoms with Crippen molar-refractivity contribution in [1.82, 2.24) is 14.9 Å². The number of nitrogens with one attached hydrogen (secondary N) is 1. The van der Waals surface area contributed by atoms with Crippen molar-refractivity contribution in [3.05, 3.63) is 17.3 Å². The van der Waals surface area contributed by atoms with Gasteiger partial charge in [0, 0.05) is 13.0 Å². The van der Waals surface area contributed by atoms with Crippen LogP contribution in [0, 0.1) is 5.92 Å². The maximum atomic E-state index is 4.68. The van der Waals surface area contributed by atoms with E-state index in [1.54, 1.807) is 11.3 Å². The molecule has 0 bridgehead atoms. The van der Waals surface area contributed by atoms with Gasteiger partial charge in [-0.25, -0.2) is 9.97 Å². The summed E-state index contributed by atoms with van der Waals surface area (Å²) in [5.74, 6) is 2.82. The molecule has 2 aromatic rings. The summed E-state index contributed by atoms with van der Waals surface area (Å²) in [6, 6.07) is 2.13. The predicted molar refractivity (Wildman–Crippen MR) is 94.7 cm³/mol. The Labute approximate surface area is 137 Å². The molecule has 0 spiro atoms. The normalized spacial score (nSPS) is 17.2. The van der Waals surface area contributed by atoms with Gasteiger partial charge in [-0.1, -0.05) is 13.8 Å². The summed E-state index contributed by atoms with van der Waals surface area (Å²) in [6.45, 7) is 9.12. The molecule has 0 radical (unpaired) electrons. The average molecular weight is 318 g/mol. The molecule has 1 saturated heterocycles. The fourth-order valence-corrected chi connectivity index (χ4v) is 3.96. The van der Waals surface area contributed by atoms with Crippen molar-refractivity contribution in [2.24, 2.45) is 5.92 Å². The van der Waals surface area contributed by atoms with Crippen LogP contribution >= 0.6 is 11.3 Å². The molecule has 0 saturated carbocycles. The van der Waals surface area contributed by atoms with Crippen LogP contribution in [0.3, 0.4) is 0 Å². The quantitative estimate of drug-likeness (QED) is 0.880. The second-order valence-electron chi connectivity index (χ2n) is 6.07. The van der Waals surface area contributed by atoms with Crippen LogP contribution in [0.5, 0.6) is 0 Å². The molecule has 1 fully saturated rings. The highest BCUT2D eigenvalue weighted by molar-refractivity contribution is 7.16. The van der Waals surface area contributed by atoms with Gasteiger partial charge in [0.2, 0.25) is 0 Å². The number of likely N-dealkylation sites (tertiary alicyclic amines) is 1. The molecular weight excluding hydrogens is 292 g/mol. The number of thiophene rings is 1. The minimum absolute atomic E-state index is 0.862. The number of hydrogen-bond acceptors (Lipinski definition) is 5. The zero-order valence-electron chi connectivity index (χ0n) is 13.6. The molecule has 120 valence electrons. The van der Waals surface area contributed by atoms with Crippen molar-refractivity contribution in [3.8, 4) is 0 Å². The lowest BCUT2D eigenvalue weighted by molar-refractivity contribution is 0.189. The molecule has 0 amide bonds. The molecule has 5 heteroatoms. The van der Waals surface area contributed by atoms with E-state index in [9.17, 15) is 0 Å². The summed E-state index contributed by atoms with van der Waals surface area (Å²) >= 11 is 1.70. The Balaban J connectivity index is 1.56. The van der Waals surface area contributed by atoms with Gasteiger partial charge in [-0.15, -0.1) is 11.3 Å². The van der Waals surface area contributed by atoms with E-state index < -0.39 is 0 Å². The third-order valence-corrected chi connectivity index (χ3v) is 5.49. The van der Waals surface area contributed by atoms with Gasteiger partial charge in [-0.2, -0.15) is 0 Å². The Kier molecular flexibility index (Phi) is 5.26. The van der Waals surface area contributed by atoms with Crippen molar-refractivity contribution in [3.63, 3.8) is 0 Å². The van der Waals surface area contributed by atoms with Crippen LogP contribution in [0.15, 0.2) is 11.4 Å². The fourth-order valence-electron chi connectivity index (χ4n) is 3.18. The summed E-state index contributed by atoms with van der Waals surface area (Å²) in [5, 5.41) is 6.83. The van der Waals surface area contributed by atoms with Crippen molar-refractivity contribution in [2.75, 3.05) is 31.5 Å². The highest BCUT2D eigenvalue weighted by Crippen LogP contribution is 2.26. The second kappa shape index (κ2) is 7.38. The molecule has 0 atom stereocenters. The Hall–Kier alpha value is -1.20. The van der Waals surface area contributed by atoms with Crippen LogP contribution in [0.1, 0.15) is 38.9 Å². The summed E-state index contributed by atoms with van der Waals surface area (Å²) in [6.07, 6.45) is 4.81. The second-order valence-corrected chi connectivity index (χ2v) is 6.97.